The Morgan fingerprint density at radius 1 is 1.07 bits per heavy atom. The molecule has 1 amide bonds. The Hall–Kier alpha value is -2.41. The van der Waals surface area contributed by atoms with Crippen molar-refractivity contribution in [2.24, 2.45) is 0 Å². The van der Waals surface area contributed by atoms with Crippen LogP contribution in [0.4, 0.5) is 4.79 Å². The van der Waals surface area contributed by atoms with Gasteiger partial charge in [0.1, 0.15) is 17.7 Å². The molecule has 7 heteroatoms. The molecular formula is C22H33NO6. The molecule has 2 atom stereocenters. The van der Waals surface area contributed by atoms with Crippen molar-refractivity contribution < 1.29 is 29.0 Å². The van der Waals surface area contributed by atoms with E-state index in [9.17, 15) is 19.5 Å². The van der Waals surface area contributed by atoms with Crippen molar-refractivity contribution in [2.75, 3.05) is 0 Å². The van der Waals surface area contributed by atoms with Gasteiger partial charge in [-0.05, 0) is 46.1 Å². The molecule has 0 heterocycles. The Bertz CT molecular complexity index is 653. The lowest BCUT2D eigenvalue weighted by Crippen LogP contribution is -2.43. The van der Waals surface area contributed by atoms with Gasteiger partial charge in [0, 0.05) is 6.42 Å². The van der Waals surface area contributed by atoms with Gasteiger partial charge in [-0.1, -0.05) is 43.2 Å². The number of ether oxygens (including phenoxy) is 2. The Labute approximate surface area is 172 Å². The molecule has 1 rings (SSSR count). The summed E-state index contributed by atoms with van der Waals surface area (Å²) in [5.41, 5.74) is 0.330. The number of hydrogen-bond acceptors (Lipinski definition) is 5. The van der Waals surface area contributed by atoms with Crippen molar-refractivity contribution >= 4 is 17.8 Å². The minimum Gasteiger partial charge on any atom is -0.480 e. The van der Waals surface area contributed by atoms with Crippen LogP contribution in [-0.2, 0) is 25.7 Å². The van der Waals surface area contributed by atoms with Crippen LogP contribution in [0.3, 0.4) is 0 Å². The highest BCUT2D eigenvalue weighted by atomic mass is 16.6. The average Bonchev–Trinajstić information content (AvgIpc) is 2.63. The molecule has 0 radical (unpaired) electrons. The lowest BCUT2D eigenvalue weighted by atomic mass is 10.0. The van der Waals surface area contributed by atoms with Crippen molar-refractivity contribution in [3.8, 4) is 0 Å². The predicted molar refractivity (Wildman–Crippen MR) is 110 cm³/mol. The minimum absolute atomic E-state index is 0.0302. The fraction of sp³-hybridized carbons (Fsp3) is 0.591. The lowest BCUT2D eigenvalue weighted by molar-refractivity contribution is -0.139. The van der Waals surface area contributed by atoms with Crippen molar-refractivity contribution in [3.05, 3.63) is 35.9 Å². The number of alkyl carbamates (subject to hydrolysis) is 1. The lowest BCUT2D eigenvalue weighted by Gasteiger charge is -2.22. The number of rotatable bonds is 12. The summed E-state index contributed by atoms with van der Waals surface area (Å²) in [5.74, 6) is -1.07. The fourth-order valence-electron chi connectivity index (χ4n) is 2.62. The number of carboxylic acids is 1. The van der Waals surface area contributed by atoms with Crippen LogP contribution >= 0.6 is 0 Å². The zero-order valence-corrected chi connectivity index (χ0v) is 17.8. The average molecular weight is 408 g/mol. The zero-order chi connectivity index (χ0) is 21.9. The molecule has 0 bridgehead atoms. The molecule has 29 heavy (non-hydrogen) atoms. The van der Waals surface area contributed by atoms with E-state index in [1.807, 2.05) is 30.3 Å². The molecule has 0 aromatic heterocycles. The molecule has 0 spiro atoms. The van der Waals surface area contributed by atoms with E-state index in [-0.39, 0.29) is 12.2 Å². The zero-order valence-electron chi connectivity index (χ0n) is 17.8. The van der Waals surface area contributed by atoms with E-state index in [4.69, 9.17) is 9.47 Å². The normalized spacial score (nSPS) is 13.4. The second-order valence-corrected chi connectivity index (χ2v) is 8.04. The fourth-order valence-corrected chi connectivity index (χ4v) is 2.62. The summed E-state index contributed by atoms with van der Waals surface area (Å²) in [6.45, 7) is 7.28. The van der Waals surface area contributed by atoms with Crippen molar-refractivity contribution in [1.29, 1.82) is 0 Å². The highest BCUT2D eigenvalue weighted by Crippen LogP contribution is 2.12. The van der Waals surface area contributed by atoms with Gasteiger partial charge in [-0.3, -0.25) is 4.79 Å². The van der Waals surface area contributed by atoms with Gasteiger partial charge in [-0.25, -0.2) is 9.59 Å². The van der Waals surface area contributed by atoms with E-state index in [1.165, 1.54) is 0 Å². The van der Waals surface area contributed by atoms with Gasteiger partial charge in [0.15, 0.2) is 5.78 Å². The van der Waals surface area contributed by atoms with E-state index in [2.05, 4.69) is 5.32 Å². The van der Waals surface area contributed by atoms with Crippen LogP contribution in [0.5, 0.6) is 0 Å². The summed E-state index contributed by atoms with van der Waals surface area (Å²) in [6.07, 6.45) is 1.36. The quantitative estimate of drug-likeness (QED) is 0.506. The van der Waals surface area contributed by atoms with E-state index in [0.717, 1.165) is 5.56 Å². The number of benzene rings is 1. The molecule has 2 N–H and O–H groups in total. The molecule has 1 aromatic carbocycles. The van der Waals surface area contributed by atoms with Crippen LogP contribution in [0.15, 0.2) is 30.3 Å². The number of hydrogen-bond donors (Lipinski definition) is 2. The first-order chi connectivity index (χ1) is 13.6. The smallest absolute Gasteiger partial charge is 0.408 e. The Morgan fingerprint density at radius 2 is 1.72 bits per heavy atom. The molecule has 0 aliphatic rings. The van der Waals surface area contributed by atoms with Crippen molar-refractivity contribution in [3.63, 3.8) is 0 Å². The number of carbonyl (C=O) groups is 3. The van der Waals surface area contributed by atoms with E-state index in [0.29, 0.717) is 32.3 Å². The molecule has 0 fully saturated rings. The summed E-state index contributed by atoms with van der Waals surface area (Å²) in [5, 5.41) is 11.6. The molecule has 1 aromatic rings. The highest BCUT2D eigenvalue weighted by Gasteiger charge is 2.23. The van der Waals surface area contributed by atoms with Gasteiger partial charge in [-0.2, -0.15) is 0 Å². The van der Waals surface area contributed by atoms with Gasteiger partial charge in [0.2, 0.25) is 0 Å². The summed E-state index contributed by atoms with van der Waals surface area (Å²) in [7, 11) is 0. The van der Waals surface area contributed by atoms with Gasteiger partial charge in [-0.15, -0.1) is 0 Å². The number of carboxylic acid groups (broad SMARTS) is 1. The van der Waals surface area contributed by atoms with Crippen molar-refractivity contribution in [2.45, 2.75) is 84.2 Å². The maximum absolute atomic E-state index is 12.2. The summed E-state index contributed by atoms with van der Waals surface area (Å²) < 4.78 is 10.7. The standard InChI is InChI=1S/C22H33NO6/c1-16(28-15-17-11-7-5-8-12-17)19(24)14-10-6-9-13-18(20(25)26)23-21(27)29-22(2,3)4/h5,7-8,11-12,16,18H,6,9-10,13-15H2,1-4H3,(H,23,27)(H,25,26)/t16?,18-/m0/s1. The van der Waals surface area contributed by atoms with Crippen LogP contribution < -0.4 is 5.32 Å². The predicted octanol–water partition coefficient (Wildman–Crippen LogP) is 4.09. The van der Waals surface area contributed by atoms with Crippen LogP contribution in [0.2, 0.25) is 0 Å². The monoisotopic (exact) mass is 407 g/mol. The summed E-state index contributed by atoms with van der Waals surface area (Å²) in [6, 6.07) is 8.66. The molecule has 1 unspecified atom stereocenters. The molecule has 7 nitrogen and oxygen atoms in total. The number of carbonyl (C=O) groups excluding carboxylic acids is 2. The molecule has 0 saturated heterocycles. The summed E-state index contributed by atoms with van der Waals surface area (Å²) in [4.78, 5) is 35.2. The van der Waals surface area contributed by atoms with Crippen LogP contribution in [0.1, 0.15) is 65.4 Å². The second kappa shape index (κ2) is 12.2. The third kappa shape index (κ3) is 11.2. The molecule has 162 valence electrons. The number of ketones is 1. The Kier molecular flexibility index (Phi) is 10.4. The Balaban J connectivity index is 2.25. The van der Waals surface area contributed by atoms with Crippen LogP contribution in [0, 0.1) is 0 Å². The first kappa shape index (κ1) is 24.6. The van der Waals surface area contributed by atoms with Gasteiger partial charge >= 0.3 is 12.1 Å². The van der Waals surface area contributed by atoms with Gasteiger partial charge < -0.3 is 19.9 Å². The van der Waals surface area contributed by atoms with Gasteiger partial charge in [0.05, 0.1) is 6.61 Å². The third-order valence-electron chi connectivity index (χ3n) is 4.20. The van der Waals surface area contributed by atoms with Crippen LogP contribution in [0.25, 0.3) is 0 Å². The maximum atomic E-state index is 12.2. The van der Waals surface area contributed by atoms with Crippen molar-refractivity contribution in [1.82, 2.24) is 5.32 Å². The van der Waals surface area contributed by atoms with Gasteiger partial charge in [0.25, 0.3) is 0 Å². The number of aliphatic carboxylic acids is 1. The molecule has 0 saturated carbocycles. The summed E-state index contributed by atoms with van der Waals surface area (Å²) >= 11 is 0. The number of amides is 1. The maximum Gasteiger partial charge on any atom is 0.408 e. The minimum atomic E-state index is -1.10. The second-order valence-electron chi connectivity index (χ2n) is 8.04. The largest absolute Gasteiger partial charge is 0.480 e. The van der Waals surface area contributed by atoms with Crippen LogP contribution in [-0.4, -0.2) is 40.7 Å². The molecule has 0 aliphatic carbocycles. The highest BCUT2D eigenvalue weighted by molar-refractivity contribution is 5.82. The molecular weight excluding hydrogens is 374 g/mol. The van der Waals surface area contributed by atoms with E-state index < -0.39 is 29.8 Å². The Morgan fingerprint density at radius 3 is 2.31 bits per heavy atom. The van der Waals surface area contributed by atoms with E-state index >= 15 is 0 Å². The first-order valence-corrected chi connectivity index (χ1v) is 9.99. The SMILES string of the molecule is CC(OCc1ccccc1)C(=O)CCCCC[C@H](NC(=O)OC(C)(C)C)C(=O)O. The topological polar surface area (TPSA) is 102 Å². The molecule has 0 aliphatic heterocycles. The van der Waals surface area contributed by atoms with E-state index in [1.54, 1.807) is 27.7 Å². The number of Topliss-reactive ketones (excluding diaryl/α,β-unsaturated/α-hetero) is 1. The first-order valence-electron chi connectivity index (χ1n) is 9.99. The third-order valence-corrected chi connectivity index (χ3v) is 4.20. The number of unbranched alkanes of at least 4 members (excludes halogenated alkanes) is 2. The number of nitrogens with one attached hydrogen (secondary N) is 1.